The van der Waals surface area contributed by atoms with Crippen molar-refractivity contribution in [2.75, 3.05) is 7.11 Å². The highest BCUT2D eigenvalue weighted by molar-refractivity contribution is 9.10. The molecule has 9 nitrogen and oxygen atoms in total. The average Bonchev–Trinajstić information content (AvgIpc) is 2.90. The summed E-state index contributed by atoms with van der Waals surface area (Å²) in [7, 11) is 1.41. The van der Waals surface area contributed by atoms with Crippen LogP contribution in [0.3, 0.4) is 0 Å². The van der Waals surface area contributed by atoms with Crippen LogP contribution in [-0.4, -0.2) is 27.9 Å². The topological polar surface area (TPSA) is 109 Å². The minimum atomic E-state index is -0.530. The van der Waals surface area contributed by atoms with E-state index in [9.17, 15) is 14.9 Å². The number of methoxy groups -OCH3 is 1. The molecule has 0 spiro atoms. The normalized spacial score (nSPS) is 12.1. The van der Waals surface area contributed by atoms with Gasteiger partial charge in [0.15, 0.2) is 5.75 Å². The number of rotatable bonds is 9. The van der Waals surface area contributed by atoms with Gasteiger partial charge in [0.2, 0.25) is 5.75 Å². The Kier molecular flexibility index (Phi) is 8.21. The van der Waals surface area contributed by atoms with Crippen molar-refractivity contribution in [3.63, 3.8) is 0 Å². The number of nitro groups is 1. The Morgan fingerprint density at radius 2 is 2.00 bits per heavy atom. The summed E-state index contributed by atoms with van der Waals surface area (Å²) in [6.45, 7) is 6.06. The van der Waals surface area contributed by atoms with E-state index in [2.05, 4.69) is 26.0 Å². The Labute approximate surface area is 228 Å². The molecule has 0 bridgehead atoms. The van der Waals surface area contributed by atoms with Crippen molar-refractivity contribution in [3.8, 4) is 11.5 Å². The van der Waals surface area contributed by atoms with Crippen molar-refractivity contribution in [2.45, 2.75) is 39.7 Å². The van der Waals surface area contributed by atoms with Crippen LogP contribution in [0, 0.1) is 17.0 Å². The molecule has 0 N–H and O–H groups in total. The van der Waals surface area contributed by atoms with Crippen molar-refractivity contribution in [2.24, 2.45) is 5.10 Å². The number of hydrogen-bond donors (Lipinski definition) is 0. The molecular formula is C28H27BrN4O5. The number of halogens is 1. The molecule has 1 atom stereocenters. The molecule has 0 aliphatic carbocycles. The highest BCUT2D eigenvalue weighted by Gasteiger charge is 2.23. The van der Waals surface area contributed by atoms with Crippen LogP contribution in [0.15, 0.2) is 69.0 Å². The Hall–Kier alpha value is -4.05. The summed E-state index contributed by atoms with van der Waals surface area (Å²) in [4.78, 5) is 29.5. The minimum Gasteiger partial charge on any atom is -0.493 e. The van der Waals surface area contributed by atoms with E-state index in [-0.39, 0.29) is 35.3 Å². The first-order valence-electron chi connectivity index (χ1n) is 12.0. The molecule has 0 saturated heterocycles. The Bertz CT molecular complexity index is 1600. The molecule has 0 fully saturated rings. The van der Waals surface area contributed by atoms with Gasteiger partial charge in [-0.25, -0.2) is 4.98 Å². The molecule has 1 aromatic heterocycles. The SMILES string of the molecule is CC[C@@H](C)c1nc2ccc(Br)cc2c(=O)n1N=Cc1cc(OC)c(OCc2cccc(C)c2)c([N+](=O)[O-])c1. The molecule has 0 amide bonds. The van der Waals surface area contributed by atoms with E-state index in [1.165, 1.54) is 24.1 Å². The quantitative estimate of drug-likeness (QED) is 0.130. The molecule has 0 saturated carbocycles. The van der Waals surface area contributed by atoms with E-state index in [0.717, 1.165) is 22.0 Å². The number of benzene rings is 3. The third-order valence-corrected chi connectivity index (χ3v) is 6.64. The van der Waals surface area contributed by atoms with Gasteiger partial charge in [0.1, 0.15) is 12.4 Å². The average molecular weight is 579 g/mol. The third-order valence-electron chi connectivity index (χ3n) is 6.15. The summed E-state index contributed by atoms with van der Waals surface area (Å²) < 4.78 is 13.3. The fourth-order valence-corrected chi connectivity index (χ4v) is 4.34. The molecule has 0 radical (unpaired) electrons. The summed E-state index contributed by atoms with van der Waals surface area (Å²) >= 11 is 3.40. The lowest BCUT2D eigenvalue weighted by Gasteiger charge is -2.14. The van der Waals surface area contributed by atoms with E-state index in [0.29, 0.717) is 22.3 Å². The maximum absolute atomic E-state index is 13.4. The summed E-state index contributed by atoms with van der Waals surface area (Å²) in [5.41, 5.74) is 2.28. The molecule has 0 unspecified atom stereocenters. The van der Waals surface area contributed by atoms with Gasteiger partial charge >= 0.3 is 5.69 Å². The van der Waals surface area contributed by atoms with E-state index >= 15 is 0 Å². The van der Waals surface area contributed by atoms with Crippen LogP contribution in [0.4, 0.5) is 5.69 Å². The van der Waals surface area contributed by atoms with Crippen molar-refractivity contribution >= 4 is 38.7 Å². The van der Waals surface area contributed by atoms with Gasteiger partial charge in [0.05, 0.1) is 29.2 Å². The smallest absolute Gasteiger partial charge is 0.315 e. The molecule has 4 aromatic rings. The zero-order chi connectivity index (χ0) is 27.4. The van der Waals surface area contributed by atoms with Crippen LogP contribution in [0.25, 0.3) is 10.9 Å². The number of nitrogens with zero attached hydrogens (tertiary/aromatic N) is 4. The molecule has 3 aromatic carbocycles. The number of aryl methyl sites for hydroxylation is 1. The Morgan fingerprint density at radius 3 is 2.68 bits per heavy atom. The number of aromatic nitrogens is 2. The maximum atomic E-state index is 13.4. The van der Waals surface area contributed by atoms with Crippen molar-refractivity contribution in [1.29, 1.82) is 0 Å². The predicted octanol–water partition coefficient (Wildman–Crippen LogP) is 6.36. The van der Waals surface area contributed by atoms with Gasteiger partial charge in [-0.3, -0.25) is 14.9 Å². The van der Waals surface area contributed by atoms with E-state index in [1.807, 2.05) is 51.1 Å². The van der Waals surface area contributed by atoms with Gasteiger partial charge in [-0.05, 0) is 43.2 Å². The summed E-state index contributed by atoms with van der Waals surface area (Å²) in [5.74, 6) is 0.659. The molecule has 0 aliphatic rings. The second-order valence-corrected chi connectivity index (χ2v) is 9.82. The highest BCUT2D eigenvalue weighted by atomic mass is 79.9. The Morgan fingerprint density at radius 1 is 1.21 bits per heavy atom. The zero-order valence-electron chi connectivity index (χ0n) is 21.5. The zero-order valence-corrected chi connectivity index (χ0v) is 23.1. The van der Waals surface area contributed by atoms with Gasteiger partial charge in [-0.2, -0.15) is 9.78 Å². The lowest BCUT2D eigenvalue weighted by atomic mass is 10.1. The highest BCUT2D eigenvalue weighted by Crippen LogP contribution is 2.38. The standard InChI is InChI=1S/C28H27BrN4O5/c1-5-18(3)27-31-23-10-9-21(29)14-22(23)28(34)32(27)30-15-20-12-24(33(35)36)26(25(13-20)37-4)38-16-19-8-6-7-17(2)11-19/h6-15,18H,5,16H2,1-4H3/t18-/m1/s1. The van der Waals surface area contributed by atoms with E-state index < -0.39 is 4.92 Å². The second-order valence-electron chi connectivity index (χ2n) is 8.91. The number of nitro benzene ring substituents is 1. The van der Waals surface area contributed by atoms with Crippen LogP contribution in [-0.2, 0) is 6.61 Å². The molecule has 0 aliphatic heterocycles. The first-order valence-corrected chi connectivity index (χ1v) is 12.8. The monoisotopic (exact) mass is 578 g/mol. The second kappa shape index (κ2) is 11.6. The van der Waals surface area contributed by atoms with Crippen LogP contribution >= 0.6 is 15.9 Å². The van der Waals surface area contributed by atoms with Crippen molar-refractivity contribution in [1.82, 2.24) is 9.66 Å². The number of fused-ring (bicyclic) bond motifs is 1. The van der Waals surface area contributed by atoms with E-state index in [4.69, 9.17) is 9.47 Å². The van der Waals surface area contributed by atoms with Crippen LogP contribution in [0.2, 0.25) is 0 Å². The largest absolute Gasteiger partial charge is 0.493 e. The number of ether oxygens (including phenoxy) is 2. The number of hydrogen-bond acceptors (Lipinski definition) is 7. The lowest BCUT2D eigenvalue weighted by Crippen LogP contribution is -2.23. The van der Waals surface area contributed by atoms with E-state index in [1.54, 1.807) is 18.2 Å². The van der Waals surface area contributed by atoms with Crippen molar-refractivity contribution < 1.29 is 14.4 Å². The first kappa shape index (κ1) is 27.0. The van der Waals surface area contributed by atoms with Crippen LogP contribution in [0.1, 0.15) is 48.7 Å². The molecule has 1 heterocycles. The third kappa shape index (κ3) is 5.75. The van der Waals surface area contributed by atoms with Gasteiger partial charge < -0.3 is 9.47 Å². The van der Waals surface area contributed by atoms with Gasteiger partial charge in [0, 0.05) is 22.0 Å². The summed E-state index contributed by atoms with van der Waals surface area (Å²) in [6.07, 6.45) is 2.13. The molecule has 10 heteroatoms. The van der Waals surface area contributed by atoms with Crippen molar-refractivity contribution in [3.05, 3.63) is 102 Å². The van der Waals surface area contributed by atoms with Gasteiger partial charge in [-0.15, -0.1) is 0 Å². The lowest BCUT2D eigenvalue weighted by molar-refractivity contribution is -0.386. The molecule has 4 rings (SSSR count). The minimum absolute atomic E-state index is 0.0193. The van der Waals surface area contributed by atoms with Crippen LogP contribution in [0.5, 0.6) is 11.5 Å². The van der Waals surface area contributed by atoms with Gasteiger partial charge in [0.25, 0.3) is 5.56 Å². The van der Waals surface area contributed by atoms with Crippen LogP contribution < -0.4 is 15.0 Å². The molecular weight excluding hydrogens is 552 g/mol. The van der Waals surface area contributed by atoms with Gasteiger partial charge in [-0.1, -0.05) is 59.6 Å². The molecule has 196 valence electrons. The summed E-state index contributed by atoms with van der Waals surface area (Å²) in [5, 5.41) is 16.8. The fraction of sp³-hybridized carbons (Fsp3) is 0.250. The maximum Gasteiger partial charge on any atom is 0.315 e. The summed E-state index contributed by atoms with van der Waals surface area (Å²) in [6, 6.07) is 15.9. The molecule has 38 heavy (non-hydrogen) atoms. The fourth-order valence-electron chi connectivity index (χ4n) is 3.98. The first-order chi connectivity index (χ1) is 18.2. The Balaban J connectivity index is 1.77. The predicted molar refractivity (Wildman–Crippen MR) is 151 cm³/mol.